The zero-order valence-corrected chi connectivity index (χ0v) is 15.7. The fourth-order valence-corrected chi connectivity index (χ4v) is 4.75. The van der Waals surface area contributed by atoms with E-state index in [1.54, 1.807) is 0 Å². The molecule has 0 aliphatic heterocycles. The summed E-state index contributed by atoms with van der Waals surface area (Å²) >= 11 is 5.83. The van der Waals surface area contributed by atoms with Crippen LogP contribution >= 0.6 is 12.2 Å². The van der Waals surface area contributed by atoms with Crippen LogP contribution in [0, 0.1) is 25.7 Å². The molecule has 5 heteroatoms. The van der Waals surface area contributed by atoms with Gasteiger partial charge in [0.1, 0.15) is 5.76 Å². The second-order valence-electron chi connectivity index (χ2n) is 7.46. The van der Waals surface area contributed by atoms with Crippen LogP contribution in [0.4, 0.5) is 5.69 Å². The van der Waals surface area contributed by atoms with Crippen LogP contribution in [-0.4, -0.2) is 16.3 Å². The fourth-order valence-electron chi connectivity index (χ4n) is 4.43. The summed E-state index contributed by atoms with van der Waals surface area (Å²) in [7, 11) is 0. The molecule has 2 aliphatic rings. The highest BCUT2D eigenvalue weighted by Gasteiger charge is 2.40. The molecule has 132 valence electrons. The second kappa shape index (κ2) is 6.79. The maximum absolute atomic E-state index is 5.83. The predicted molar refractivity (Wildman–Crippen MR) is 104 cm³/mol. The molecule has 0 spiro atoms. The summed E-state index contributed by atoms with van der Waals surface area (Å²) in [5, 5.41) is 8.57. The van der Waals surface area contributed by atoms with Gasteiger partial charge >= 0.3 is 0 Å². The molecule has 3 atom stereocenters. The number of nitrogens with one attached hydrogen (secondary N) is 1. The topological polar surface area (TPSA) is 41.3 Å². The van der Waals surface area contributed by atoms with Crippen molar-refractivity contribution in [3.05, 3.63) is 47.3 Å². The van der Waals surface area contributed by atoms with Gasteiger partial charge in [0.2, 0.25) is 0 Å². The summed E-state index contributed by atoms with van der Waals surface area (Å²) in [5.41, 5.74) is 3.14. The second-order valence-corrected chi connectivity index (χ2v) is 7.84. The van der Waals surface area contributed by atoms with Gasteiger partial charge in [0.25, 0.3) is 0 Å². The predicted octanol–water partition coefficient (Wildman–Crippen LogP) is 4.36. The molecule has 4 rings (SSSR count). The van der Waals surface area contributed by atoms with Crippen molar-refractivity contribution in [2.45, 2.75) is 52.1 Å². The number of thiocarbonyl (C=S) groups is 1. The number of benzene rings is 1. The molecule has 0 radical (unpaired) electrons. The Hall–Kier alpha value is -1.88. The maximum atomic E-state index is 5.83. The molecule has 1 N–H and O–H groups in total. The van der Waals surface area contributed by atoms with Crippen molar-refractivity contribution >= 4 is 23.0 Å². The van der Waals surface area contributed by atoms with Gasteiger partial charge in [-0.15, -0.1) is 0 Å². The van der Waals surface area contributed by atoms with Crippen LogP contribution in [0.25, 0.3) is 0 Å². The van der Waals surface area contributed by atoms with Crippen LogP contribution in [0.5, 0.6) is 0 Å². The Morgan fingerprint density at radius 1 is 1.24 bits per heavy atom. The number of rotatable bonds is 4. The number of aryl methyl sites for hydroxylation is 2. The monoisotopic (exact) mass is 355 g/mol. The molecule has 0 unspecified atom stereocenters. The zero-order chi connectivity index (χ0) is 17.4. The molecule has 1 heterocycles. The Kier molecular flexibility index (Phi) is 4.50. The van der Waals surface area contributed by atoms with Crippen LogP contribution in [0.2, 0.25) is 0 Å². The lowest BCUT2D eigenvalue weighted by atomic mass is 9.95. The highest BCUT2D eigenvalue weighted by atomic mass is 32.1. The van der Waals surface area contributed by atoms with Crippen molar-refractivity contribution in [3.8, 4) is 0 Å². The fraction of sp³-hybridized carbons (Fsp3) is 0.500. The molecular weight excluding hydrogens is 330 g/mol. The lowest BCUT2D eigenvalue weighted by molar-refractivity contribution is 0.390. The number of hydrogen-bond acceptors (Lipinski definition) is 3. The first-order valence-corrected chi connectivity index (χ1v) is 9.57. The Bertz CT molecular complexity index is 738. The van der Waals surface area contributed by atoms with E-state index in [0.29, 0.717) is 12.6 Å². The molecule has 4 nitrogen and oxygen atoms in total. The molecule has 2 aromatic rings. The minimum absolute atomic E-state index is 0.530. The van der Waals surface area contributed by atoms with Crippen molar-refractivity contribution in [2.75, 3.05) is 4.90 Å². The SMILES string of the molecule is Cc1noc(C)c1CN(C(=S)N[C@H]1C[C@H]2CC[C@@H]1C2)c1ccccc1. The summed E-state index contributed by atoms with van der Waals surface area (Å²) in [4.78, 5) is 2.17. The summed E-state index contributed by atoms with van der Waals surface area (Å²) < 4.78 is 5.35. The lowest BCUT2D eigenvalue weighted by Gasteiger charge is -2.31. The van der Waals surface area contributed by atoms with Crippen molar-refractivity contribution in [1.82, 2.24) is 10.5 Å². The van der Waals surface area contributed by atoms with Gasteiger partial charge in [0, 0.05) is 17.3 Å². The molecule has 1 aromatic heterocycles. The van der Waals surface area contributed by atoms with Crippen molar-refractivity contribution in [1.29, 1.82) is 0 Å². The highest BCUT2D eigenvalue weighted by molar-refractivity contribution is 7.80. The van der Waals surface area contributed by atoms with Gasteiger partial charge in [-0.1, -0.05) is 29.8 Å². The van der Waals surface area contributed by atoms with Crippen LogP contribution in [0.15, 0.2) is 34.9 Å². The standard InChI is InChI=1S/C20H25N3OS/c1-13-18(14(2)24-22-13)12-23(17-6-4-3-5-7-17)20(25)21-19-11-15-8-9-16(19)10-15/h3-7,15-16,19H,8-12H2,1-2H3,(H,21,25)/t15-,16+,19-/m0/s1. The van der Waals surface area contributed by atoms with E-state index in [1.165, 1.54) is 25.7 Å². The molecule has 2 aliphatic carbocycles. The zero-order valence-electron chi connectivity index (χ0n) is 14.9. The van der Waals surface area contributed by atoms with Gasteiger partial charge in [-0.25, -0.2) is 0 Å². The molecule has 0 saturated heterocycles. The summed E-state index contributed by atoms with van der Waals surface area (Å²) in [6, 6.07) is 10.9. The minimum Gasteiger partial charge on any atom is -0.361 e. The maximum Gasteiger partial charge on any atom is 0.174 e. The van der Waals surface area contributed by atoms with E-state index in [4.69, 9.17) is 16.7 Å². The van der Waals surface area contributed by atoms with E-state index in [2.05, 4.69) is 39.6 Å². The van der Waals surface area contributed by atoms with Gasteiger partial charge < -0.3 is 14.7 Å². The number of aromatic nitrogens is 1. The summed E-state index contributed by atoms with van der Waals surface area (Å²) in [6.07, 6.45) is 5.38. The van der Waals surface area contributed by atoms with E-state index in [-0.39, 0.29) is 0 Å². The first-order valence-electron chi connectivity index (χ1n) is 9.16. The molecule has 2 bridgehead atoms. The number of nitrogens with zero attached hydrogens (tertiary/aromatic N) is 2. The quantitative estimate of drug-likeness (QED) is 0.825. The normalized spacial score (nSPS) is 24.5. The van der Waals surface area contributed by atoms with Gasteiger partial charge in [0.05, 0.1) is 12.2 Å². The number of hydrogen-bond donors (Lipinski definition) is 1. The van der Waals surface area contributed by atoms with Gasteiger partial charge in [0.15, 0.2) is 5.11 Å². The lowest BCUT2D eigenvalue weighted by Crippen LogP contribution is -2.46. The van der Waals surface area contributed by atoms with Gasteiger partial charge in [-0.05, 0) is 69.3 Å². The van der Waals surface area contributed by atoms with E-state index in [9.17, 15) is 0 Å². The number of fused-ring (bicyclic) bond motifs is 2. The number of anilines is 1. The van der Waals surface area contributed by atoms with Gasteiger partial charge in [-0.3, -0.25) is 0 Å². The molecule has 2 saturated carbocycles. The van der Waals surface area contributed by atoms with Crippen LogP contribution < -0.4 is 10.2 Å². The van der Waals surface area contributed by atoms with Crippen molar-refractivity contribution < 1.29 is 4.52 Å². The smallest absolute Gasteiger partial charge is 0.174 e. The minimum atomic E-state index is 0.530. The average Bonchev–Trinajstić information content (AvgIpc) is 3.31. The van der Waals surface area contributed by atoms with Crippen molar-refractivity contribution in [2.24, 2.45) is 11.8 Å². The van der Waals surface area contributed by atoms with E-state index in [1.807, 2.05) is 19.9 Å². The third-order valence-corrected chi connectivity index (χ3v) is 6.20. The molecule has 1 aromatic carbocycles. The number of para-hydroxylation sites is 1. The van der Waals surface area contributed by atoms with Crippen LogP contribution in [-0.2, 0) is 6.54 Å². The van der Waals surface area contributed by atoms with E-state index < -0.39 is 0 Å². The molecular formula is C20H25N3OS. The summed E-state index contributed by atoms with van der Waals surface area (Å²) in [6.45, 7) is 4.63. The first kappa shape index (κ1) is 16.6. The van der Waals surface area contributed by atoms with E-state index in [0.717, 1.165) is 39.7 Å². The third kappa shape index (κ3) is 3.30. The van der Waals surface area contributed by atoms with Crippen LogP contribution in [0.1, 0.15) is 42.7 Å². The Morgan fingerprint density at radius 2 is 2.04 bits per heavy atom. The Labute approximate surface area is 154 Å². The highest BCUT2D eigenvalue weighted by Crippen LogP contribution is 2.44. The van der Waals surface area contributed by atoms with E-state index >= 15 is 0 Å². The van der Waals surface area contributed by atoms with Crippen LogP contribution in [0.3, 0.4) is 0 Å². The summed E-state index contributed by atoms with van der Waals surface area (Å²) in [5.74, 6) is 2.55. The van der Waals surface area contributed by atoms with Gasteiger partial charge in [-0.2, -0.15) is 0 Å². The third-order valence-electron chi connectivity index (χ3n) is 5.86. The molecule has 0 amide bonds. The Balaban J connectivity index is 1.56. The molecule has 2 fully saturated rings. The largest absolute Gasteiger partial charge is 0.361 e. The average molecular weight is 356 g/mol. The Morgan fingerprint density at radius 3 is 2.64 bits per heavy atom. The first-order chi connectivity index (χ1) is 12.1. The molecule has 25 heavy (non-hydrogen) atoms. The van der Waals surface area contributed by atoms with Crippen molar-refractivity contribution in [3.63, 3.8) is 0 Å².